The van der Waals surface area contributed by atoms with Gasteiger partial charge in [-0.05, 0) is 66.0 Å². The number of carbonyl (C=O) groups excluding carboxylic acids is 1. The maximum Gasteiger partial charge on any atom is 0.261 e. The predicted molar refractivity (Wildman–Crippen MR) is 158 cm³/mol. The molecule has 0 aliphatic carbocycles. The number of rotatable bonds is 8. The third-order valence-electron chi connectivity index (χ3n) is 5.98. The molecule has 0 spiro atoms. The summed E-state index contributed by atoms with van der Waals surface area (Å²) in [5.41, 5.74) is 1.11. The summed E-state index contributed by atoms with van der Waals surface area (Å²) in [7, 11) is -7.71. The van der Waals surface area contributed by atoms with Crippen LogP contribution in [0.5, 0.6) is 0 Å². The van der Waals surface area contributed by atoms with Crippen molar-refractivity contribution in [1.82, 2.24) is 0 Å². The van der Waals surface area contributed by atoms with Gasteiger partial charge >= 0.3 is 0 Å². The van der Waals surface area contributed by atoms with Crippen LogP contribution in [0.2, 0.25) is 5.02 Å². The summed E-state index contributed by atoms with van der Waals surface area (Å²) in [6, 6.07) is 30.5. The molecule has 5 rings (SSSR count). The van der Waals surface area contributed by atoms with Gasteiger partial charge in [0.2, 0.25) is 0 Å². The van der Waals surface area contributed by atoms with Gasteiger partial charge in [-0.3, -0.25) is 14.2 Å². The van der Waals surface area contributed by atoms with Crippen LogP contribution >= 0.6 is 11.6 Å². The first-order chi connectivity index (χ1) is 19.1. The number of carbonyl (C=O) groups is 1. The number of hydrogen-bond acceptors (Lipinski definition) is 5. The third kappa shape index (κ3) is 5.94. The first-order valence-electron chi connectivity index (χ1n) is 11.9. The van der Waals surface area contributed by atoms with Crippen molar-refractivity contribution in [3.63, 3.8) is 0 Å². The maximum atomic E-state index is 13.0. The Labute approximate surface area is 236 Å². The number of anilines is 3. The van der Waals surface area contributed by atoms with Crippen LogP contribution in [-0.4, -0.2) is 22.7 Å². The van der Waals surface area contributed by atoms with Crippen molar-refractivity contribution in [3.05, 3.63) is 126 Å². The van der Waals surface area contributed by atoms with Gasteiger partial charge in [-0.2, -0.15) is 0 Å². The highest BCUT2D eigenvalue weighted by Crippen LogP contribution is 2.27. The van der Waals surface area contributed by atoms with Gasteiger partial charge in [0.25, 0.3) is 26.0 Å². The van der Waals surface area contributed by atoms with Crippen molar-refractivity contribution < 1.29 is 21.6 Å². The van der Waals surface area contributed by atoms with Gasteiger partial charge < -0.3 is 5.32 Å². The lowest BCUT2D eigenvalue weighted by atomic mass is 10.1. The van der Waals surface area contributed by atoms with Gasteiger partial charge in [0.15, 0.2) is 0 Å². The largest absolute Gasteiger partial charge is 0.322 e. The Kier molecular flexibility index (Phi) is 7.49. The summed E-state index contributed by atoms with van der Waals surface area (Å²) in [4.78, 5) is 12.9. The van der Waals surface area contributed by atoms with Crippen molar-refractivity contribution in [3.8, 4) is 0 Å². The lowest BCUT2D eigenvalue weighted by Crippen LogP contribution is -2.15. The molecule has 0 unspecified atom stereocenters. The van der Waals surface area contributed by atoms with E-state index < -0.39 is 26.0 Å². The van der Waals surface area contributed by atoms with Gasteiger partial charge in [0.05, 0.1) is 31.8 Å². The predicted octanol–water partition coefficient (Wildman–Crippen LogP) is 6.35. The first-order valence-corrected chi connectivity index (χ1v) is 15.3. The molecule has 5 aromatic rings. The smallest absolute Gasteiger partial charge is 0.261 e. The molecule has 0 fully saturated rings. The van der Waals surface area contributed by atoms with Crippen LogP contribution < -0.4 is 14.8 Å². The minimum absolute atomic E-state index is 0.0199. The number of halogens is 1. The fourth-order valence-electron chi connectivity index (χ4n) is 4.01. The Balaban J connectivity index is 1.28. The lowest BCUT2D eigenvalue weighted by Gasteiger charge is -2.12. The van der Waals surface area contributed by atoms with E-state index >= 15 is 0 Å². The number of fused-ring (bicyclic) bond motifs is 1. The molecule has 0 radical (unpaired) electrons. The van der Waals surface area contributed by atoms with Crippen LogP contribution in [0.4, 0.5) is 17.1 Å². The van der Waals surface area contributed by atoms with Crippen LogP contribution in [0.15, 0.2) is 125 Å². The standard InChI is InChI=1S/C29H22ClN3O5S2/c30-27-19-22(32-39(35,36)23-9-2-1-3-10-23)15-18-26(27)29(34)31-21-13-16-24(17-14-21)40(37,38)33-28-12-6-8-20-7-4-5-11-25(20)28/h1-19,32-33H,(H,31,34). The van der Waals surface area contributed by atoms with Gasteiger partial charge in [-0.1, -0.05) is 66.2 Å². The summed E-state index contributed by atoms with van der Waals surface area (Å²) in [6.45, 7) is 0. The van der Waals surface area contributed by atoms with E-state index in [2.05, 4.69) is 14.8 Å². The average molecular weight is 592 g/mol. The summed E-state index contributed by atoms with van der Waals surface area (Å²) in [5, 5.41) is 4.37. The molecule has 40 heavy (non-hydrogen) atoms. The van der Waals surface area contributed by atoms with E-state index in [0.717, 1.165) is 10.8 Å². The van der Waals surface area contributed by atoms with E-state index in [4.69, 9.17) is 11.6 Å². The Morgan fingerprint density at radius 3 is 1.93 bits per heavy atom. The van der Waals surface area contributed by atoms with E-state index in [-0.39, 0.29) is 26.1 Å². The highest BCUT2D eigenvalue weighted by atomic mass is 35.5. The quantitative estimate of drug-likeness (QED) is 0.194. The molecule has 0 bridgehead atoms. The Bertz CT molecular complexity index is 1930. The number of sulfonamides is 2. The van der Waals surface area contributed by atoms with Gasteiger partial charge in [-0.25, -0.2) is 16.8 Å². The van der Waals surface area contributed by atoms with Gasteiger partial charge in [-0.15, -0.1) is 0 Å². The molecular weight excluding hydrogens is 570 g/mol. The van der Waals surface area contributed by atoms with Crippen LogP contribution in [0, 0.1) is 0 Å². The minimum Gasteiger partial charge on any atom is -0.322 e. The summed E-state index contributed by atoms with van der Waals surface area (Å²) >= 11 is 6.29. The molecule has 0 aromatic heterocycles. The fraction of sp³-hybridized carbons (Fsp3) is 0. The zero-order valence-electron chi connectivity index (χ0n) is 20.7. The van der Waals surface area contributed by atoms with Crippen molar-refractivity contribution in [2.75, 3.05) is 14.8 Å². The second-order valence-electron chi connectivity index (χ2n) is 8.72. The number of nitrogens with one attached hydrogen (secondary N) is 3. The Morgan fingerprint density at radius 1 is 0.600 bits per heavy atom. The molecule has 0 aliphatic heterocycles. The Hall–Kier alpha value is -4.38. The van der Waals surface area contributed by atoms with E-state index in [1.807, 2.05) is 30.3 Å². The zero-order valence-corrected chi connectivity index (χ0v) is 23.1. The zero-order chi connectivity index (χ0) is 28.3. The number of amides is 1. The second-order valence-corrected chi connectivity index (χ2v) is 12.5. The minimum atomic E-state index is -3.89. The molecule has 0 saturated heterocycles. The molecule has 0 atom stereocenters. The van der Waals surface area contributed by atoms with Gasteiger partial charge in [0, 0.05) is 11.1 Å². The molecule has 11 heteroatoms. The molecule has 0 aliphatic rings. The first kappa shape index (κ1) is 27.2. The molecule has 8 nitrogen and oxygen atoms in total. The van der Waals surface area contributed by atoms with E-state index in [1.165, 1.54) is 54.6 Å². The molecule has 3 N–H and O–H groups in total. The van der Waals surface area contributed by atoms with Crippen LogP contribution in [-0.2, 0) is 20.0 Å². The normalized spacial score (nSPS) is 11.6. The van der Waals surface area contributed by atoms with Crippen molar-refractivity contribution >= 4 is 65.4 Å². The van der Waals surface area contributed by atoms with Crippen molar-refractivity contribution in [2.24, 2.45) is 0 Å². The SMILES string of the molecule is O=C(Nc1ccc(S(=O)(=O)Nc2cccc3ccccc23)cc1)c1ccc(NS(=O)(=O)c2ccccc2)cc1Cl. The van der Waals surface area contributed by atoms with Crippen LogP contribution in [0.1, 0.15) is 10.4 Å². The third-order valence-corrected chi connectivity index (χ3v) is 9.07. The average Bonchev–Trinajstić information content (AvgIpc) is 2.94. The number of hydrogen-bond donors (Lipinski definition) is 3. The van der Waals surface area contributed by atoms with Crippen molar-refractivity contribution in [2.45, 2.75) is 9.79 Å². The van der Waals surface area contributed by atoms with E-state index in [9.17, 15) is 21.6 Å². The molecule has 5 aromatic carbocycles. The molecule has 0 heterocycles. The highest BCUT2D eigenvalue weighted by molar-refractivity contribution is 7.93. The lowest BCUT2D eigenvalue weighted by molar-refractivity contribution is 0.102. The second kappa shape index (κ2) is 11.0. The summed E-state index contributed by atoms with van der Waals surface area (Å²) < 4.78 is 56.2. The molecular formula is C29H22ClN3O5S2. The maximum absolute atomic E-state index is 13.0. The topological polar surface area (TPSA) is 121 Å². The summed E-state index contributed by atoms with van der Waals surface area (Å²) in [5.74, 6) is -0.549. The summed E-state index contributed by atoms with van der Waals surface area (Å²) in [6.07, 6.45) is 0. The van der Waals surface area contributed by atoms with Crippen LogP contribution in [0.25, 0.3) is 10.8 Å². The van der Waals surface area contributed by atoms with Gasteiger partial charge in [0.1, 0.15) is 0 Å². The van der Waals surface area contributed by atoms with E-state index in [1.54, 1.807) is 30.3 Å². The Morgan fingerprint density at radius 2 is 1.20 bits per heavy atom. The highest BCUT2D eigenvalue weighted by Gasteiger charge is 2.18. The van der Waals surface area contributed by atoms with E-state index in [0.29, 0.717) is 11.4 Å². The molecule has 202 valence electrons. The molecule has 1 amide bonds. The number of benzene rings is 5. The monoisotopic (exact) mass is 591 g/mol. The molecule has 0 saturated carbocycles. The fourth-order valence-corrected chi connectivity index (χ4v) is 6.43. The van der Waals surface area contributed by atoms with Crippen LogP contribution in [0.3, 0.4) is 0 Å². The van der Waals surface area contributed by atoms with Crippen molar-refractivity contribution in [1.29, 1.82) is 0 Å².